The van der Waals surface area contributed by atoms with Crippen LogP contribution < -0.4 is 0 Å². The third kappa shape index (κ3) is 78.5. The normalized spacial score (nSPS) is 14.7. The first-order valence-corrected chi connectivity index (χ1v) is 44.4. The topological polar surface area (TPSA) is 237 Å². The number of unbranched alkanes of at least 4 members (excludes halogenated alkanes) is 22. The van der Waals surface area contributed by atoms with Gasteiger partial charge in [-0.3, -0.25) is 37.3 Å². The lowest BCUT2D eigenvalue weighted by Crippen LogP contribution is -2.30. The van der Waals surface area contributed by atoms with E-state index in [9.17, 15) is 43.2 Å². The third-order valence-electron chi connectivity index (χ3n) is 16.7. The second-order valence-electron chi connectivity index (χ2n) is 26.9. The summed E-state index contributed by atoms with van der Waals surface area (Å²) in [5, 5.41) is 10.7. The number of carbonyl (C=O) groups excluding carboxylic acids is 4. The van der Waals surface area contributed by atoms with Crippen molar-refractivity contribution in [1.29, 1.82) is 0 Å². The maximum atomic E-state index is 13.1. The number of phosphoric acid groups is 2. The summed E-state index contributed by atoms with van der Waals surface area (Å²) in [6.07, 6.45) is 94.7. The molecule has 19 heteroatoms. The van der Waals surface area contributed by atoms with E-state index in [0.717, 1.165) is 186 Å². The average molecular weight is 1550 g/mol. The third-order valence-corrected chi connectivity index (χ3v) is 18.6. The van der Waals surface area contributed by atoms with Crippen LogP contribution in [0.25, 0.3) is 0 Å². The molecule has 0 spiro atoms. The summed E-state index contributed by atoms with van der Waals surface area (Å²) in [5.74, 6) is -2.31. The standard InChI is InChI=1S/C89H146O17P2/c1-5-9-13-17-21-25-29-33-37-40-41-44-47-50-54-58-62-66-70-74-87(92)100-80-85(106-89(94)76-72-68-64-60-56-52-48-43-39-35-31-27-23-19-15-11-7-3)82-104-108(97,98)102-78-83(90)77-101-107(95,96)103-81-84(105-88(93)75-71-67-63-59-55-51-45-36-32-28-24-20-16-12-8-4)79-99-86(91)73-69-65-61-57-53-49-46-42-38-34-30-26-22-18-14-10-6-2/h9-11,13-15,21-23,25-27,33-39,41,44-45,48,50,52,54,60,64,83-85,90H,5-8,12,16-20,24,28-32,40,42-43,46-47,49,51,53,55-59,61-63,65-82H2,1-4H3,(H,95,96)(H,97,98)/b13-9-,14-10-,15-11-,25-21-,26-22-,27-23-,37-33-,38-34-,39-35-,44-41-,45-36-,52-48-,54-50-,64-60-. The van der Waals surface area contributed by atoms with E-state index in [-0.39, 0.29) is 25.7 Å². The zero-order valence-corrected chi connectivity index (χ0v) is 69.0. The van der Waals surface area contributed by atoms with Crippen molar-refractivity contribution in [3.05, 3.63) is 170 Å². The smallest absolute Gasteiger partial charge is 0.462 e. The van der Waals surface area contributed by atoms with Crippen molar-refractivity contribution in [2.75, 3.05) is 39.6 Å². The lowest BCUT2D eigenvalue weighted by atomic mass is 10.1. The van der Waals surface area contributed by atoms with Crippen LogP contribution in [0.1, 0.15) is 310 Å². The number of carbonyl (C=O) groups is 4. The summed E-state index contributed by atoms with van der Waals surface area (Å²) >= 11 is 0. The molecule has 0 amide bonds. The molecular weight excluding hydrogens is 1400 g/mol. The van der Waals surface area contributed by atoms with Crippen LogP contribution in [0.4, 0.5) is 0 Å². The Morgan fingerprint density at radius 2 is 0.491 bits per heavy atom. The highest BCUT2D eigenvalue weighted by Gasteiger charge is 2.30. The molecule has 614 valence electrons. The van der Waals surface area contributed by atoms with Crippen molar-refractivity contribution in [1.82, 2.24) is 0 Å². The molecule has 0 radical (unpaired) electrons. The Labute approximate surface area is 654 Å². The van der Waals surface area contributed by atoms with Gasteiger partial charge in [0.05, 0.1) is 26.4 Å². The molecule has 0 heterocycles. The van der Waals surface area contributed by atoms with Crippen molar-refractivity contribution < 1.29 is 80.2 Å². The molecule has 5 unspecified atom stereocenters. The van der Waals surface area contributed by atoms with Crippen LogP contribution in [0.2, 0.25) is 0 Å². The van der Waals surface area contributed by atoms with Gasteiger partial charge in [0.1, 0.15) is 19.3 Å². The molecule has 3 N–H and O–H groups in total. The molecule has 0 fully saturated rings. The zero-order chi connectivity index (χ0) is 78.9. The number of rotatable bonds is 76. The molecule has 0 aliphatic heterocycles. The Kier molecular flexibility index (Phi) is 75.4. The Balaban J connectivity index is 5.48. The van der Waals surface area contributed by atoms with Crippen LogP contribution in [0.3, 0.4) is 0 Å². The number of allylic oxidation sites excluding steroid dienone is 28. The maximum Gasteiger partial charge on any atom is 0.472 e. The Morgan fingerprint density at radius 3 is 0.796 bits per heavy atom. The lowest BCUT2D eigenvalue weighted by Gasteiger charge is -2.21. The van der Waals surface area contributed by atoms with E-state index in [1.54, 1.807) is 0 Å². The number of hydrogen-bond acceptors (Lipinski definition) is 15. The van der Waals surface area contributed by atoms with E-state index < -0.39 is 97.5 Å². The first-order valence-electron chi connectivity index (χ1n) is 41.4. The highest BCUT2D eigenvalue weighted by Crippen LogP contribution is 2.45. The van der Waals surface area contributed by atoms with Gasteiger partial charge in [0.15, 0.2) is 12.2 Å². The van der Waals surface area contributed by atoms with Crippen LogP contribution in [-0.4, -0.2) is 96.7 Å². The van der Waals surface area contributed by atoms with E-state index in [1.807, 2.05) is 12.2 Å². The van der Waals surface area contributed by atoms with Crippen molar-refractivity contribution in [2.45, 2.75) is 329 Å². The number of aliphatic hydroxyl groups is 1. The molecule has 108 heavy (non-hydrogen) atoms. The molecule has 0 aromatic carbocycles. The summed E-state index contributed by atoms with van der Waals surface area (Å²) in [7, 11) is -10.0. The largest absolute Gasteiger partial charge is 0.472 e. The van der Waals surface area contributed by atoms with Gasteiger partial charge < -0.3 is 33.8 Å². The van der Waals surface area contributed by atoms with Crippen molar-refractivity contribution in [2.24, 2.45) is 0 Å². The number of aliphatic hydroxyl groups excluding tert-OH is 1. The van der Waals surface area contributed by atoms with Gasteiger partial charge in [-0.2, -0.15) is 0 Å². The van der Waals surface area contributed by atoms with Crippen LogP contribution in [-0.2, 0) is 65.4 Å². The van der Waals surface area contributed by atoms with Gasteiger partial charge >= 0.3 is 39.5 Å². The van der Waals surface area contributed by atoms with Gasteiger partial charge in [0, 0.05) is 25.7 Å². The van der Waals surface area contributed by atoms with Gasteiger partial charge in [-0.15, -0.1) is 0 Å². The highest BCUT2D eigenvalue weighted by atomic mass is 31.2. The quantitative estimate of drug-likeness (QED) is 0.0169. The predicted octanol–water partition coefficient (Wildman–Crippen LogP) is 24.6. The van der Waals surface area contributed by atoms with E-state index in [0.29, 0.717) is 32.1 Å². The molecule has 0 aromatic rings. The van der Waals surface area contributed by atoms with Crippen LogP contribution in [0, 0.1) is 0 Å². The van der Waals surface area contributed by atoms with Crippen LogP contribution in [0.15, 0.2) is 170 Å². The minimum atomic E-state index is -5.01. The molecular formula is C89H146O17P2. The van der Waals surface area contributed by atoms with Gasteiger partial charge in [-0.05, 0) is 167 Å². The molecule has 0 rings (SSSR count). The summed E-state index contributed by atoms with van der Waals surface area (Å²) in [4.78, 5) is 73.2. The molecule has 17 nitrogen and oxygen atoms in total. The lowest BCUT2D eigenvalue weighted by molar-refractivity contribution is -0.161. The summed E-state index contributed by atoms with van der Waals surface area (Å²) < 4.78 is 68.6. The Bertz CT molecular complexity index is 2710. The number of hydrogen-bond donors (Lipinski definition) is 3. The van der Waals surface area contributed by atoms with Crippen LogP contribution >= 0.6 is 15.6 Å². The van der Waals surface area contributed by atoms with Crippen molar-refractivity contribution >= 4 is 39.5 Å². The summed E-state index contributed by atoms with van der Waals surface area (Å²) in [5.41, 5.74) is 0. The summed E-state index contributed by atoms with van der Waals surface area (Å²) in [6.45, 7) is 4.41. The SMILES string of the molecule is CC/C=C\C/C=C\C/C=C\C/C=C\C/C=C\CCCCCC(=O)OCC(COP(=O)(O)OCC(O)COP(=O)(O)OCC(COC(=O)CCCCCCCCC/C=C\C/C=C\C/C=C\CC)OC(=O)CCCCCCC/C=C\CCCCCCCC)OC(=O)CCC/C=C\C/C=C\C/C=C\C/C=C\C/C=C\CC. The van der Waals surface area contributed by atoms with E-state index in [4.69, 9.17) is 37.0 Å². The Hall–Kier alpha value is -5.58. The molecule has 0 saturated carbocycles. The number of esters is 4. The fraction of sp³-hybridized carbons (Fsp3) is 0.640. The van der Waals surface area contributed by atoms with E-state index >= 15 is 0 Å². The molecule has 0 saturated heterocycles. The average Bonchev–Trinajstić information content (AvgIpc) is 0.906. The molecule has 0 bridgehead atoms. The van der Waals surface area contributed by atoms with Crippen LogP contribution in [0.5, 0.6) is 0 Å². The minimum absolute atomic E-state index is 0.00268. The number of phosphoric ester groups is 2. The highest BCUT2D eigenvalue weighted by molar-refractivity contribution is 7.47. The predicted molar refractivity (Wildman–Crippen MR) is 445 cm³/mol. The van der Waals surface area contributed by atoms with Crippen molar-refractivity contribution in [3.63, 3.8) is 0 Å². The van der Waals surface area contributed by atoms with E-state index in [2.05, 4.69) is 186 Å². The van der Waals surface area contributed by atoms with Crippen molar-refractivity contribution in [3.8, 4) is 0 Å². The van der Waals surface area contributed by atoms with Gasteiger partial charge in [0.2, 0.25) is 0 Å². The fourth-order valence-corrected chi connectivity index (χ4v) is 12.0. The van der Waals surface area contributed by atoms with Gasteiger partial charge in [-0.1, -0.05) is 288 Å². The first-order chi connectivity index (χ1) is 52.7. The maximum absolute atomic E-state index is 13.1. The molecule has 0 aliphatic carbocycles. The Morgan fingerprint density at radius 1 is 0.269 bits per heavy atom. The second kappa shape index (κ2) is 79.5. The zero-order valence-electron chi connectivity index (χ0n) is 67.2. The second-order valence-corrected chi connectivity index (χ2v) is 29.8. The molecule has 5 atom stereocenters. The monoisotopic (exact) mass is 1550 g/mol. The fourth-order valence-electron chi connectivity index (χ4n) is 10.5. The number of ether oxygens (including phenoxy) is 4. The summed E-state index contributed by atoms with van der Waals surface area (Å²) in [6, 6.07) is 0. The van der Waals surface area contributed by atoms with Gasteiger partial charge in [0.25, 0.3) is 0 Å². The molecule has 0 aliphatic rings. The molecule has 0 aromatic heterocycles. The first kappa shape index (κ1) is 102. The van der Waals surface area contributed by atoms with Gasteiger partial charge in [-0.25, -0.2) is 9.13 Å². The van der Waals surface area contributed by atoms with E-state index in [1.165, 1.54) is 38.5 Å². The minimum Gasteiger partial charge on any atom is -0.462 e.